The number of ether oxygens (including phenoxy) is 1. The molecule has 0 radical (unpaired) electrons. The first-order chi connectivity index (χ1) is 8.40. The smallest absolute Gasteiger partial charge is 0.0576 e. The van der Waals surface area contributed by atoms with Gasteiger partial charge in [-0.25, -0.2) is 0 Å². The summed E-state index contributed by atoms with van der Waals surface area (Å²) < 4.78 is 5.70. The first-order valence-corrected chi connectivity index (χ1v) is 7.75. The summed E-state index contributed by atoms with van der Waals surface area (Å²) in [5.74, 6) is 0.978. The molecule has 1 heterocycles. The maximum atomic E-state index is 5.70. The molecule has 0 aromatic heterocycles. The van der Waals surface area contributed by atoms with Crippen molar-refractivity contribution in [3.05, 3.63) is 0 Å². The topological polar surface area (TPSA) is 21.3 Å². The molecule has 0 amide bonds. The number of rotatable bonds is 8. The predicted molar refractivity (Wildman–Crippen MR) is 72.2 cm³/mol. The minimum absolute atomic E-state index is 0.586. The molecule has 1 saturated heterocycles. The molecule has 1 aliphatic heterocycles. The van der Waals surface area contributed by atoms with Gasteiger partial charge >= 0.3 is 0 Å². The molecule has 2 rings (SSSR count). The van der Waals surface area contributed by atoms with Crippen LogP contribution in [-0.4, -0.2) is 25.3 Å². The molecule has 2 nitrogen and oxygen atoms in total. The molecule has 100 valence electrons. The standard InChI is InChI=1S/C15H29NO/c1-2-11-16-15(13-6-3-7-13)10-4-8-14-9-5-12-17-14/h13-16H,2-12H2,1H3. The minimum Gasteiger partial charge on any atom is -0.378 e. The zero-order chi connectivity index (χ0) is 11.9. The Morgan fingerprint density at radius 2 is 2.12 bits per heavy atom. The van der Waals surface area contributed by atoms with E-state index >= 15 is 0 Å². The highest BCUT2D eigenvalue weighted by molar-refractivity contribution is 4.83. The zero-order valence-electron chi connectivity index (χ0n) is 11.4. The summed E-state index contributed by atoms with van der Waals surface area (Å²) in [4.78, 5) is 0. The summed E-state index contributed by atoms with van der Waals surface area (Å²) in [6.07, 6.45) is 12.8. The van der Waals surface area contributed by atoms with Gasteiger partial charge in [-0.3, -0.25) is 0 Å². The minimum atomic E-state index is 0.586. The van der Waals surface area contributed by atoms with Crippen molar-refractivity contribution in [1.82, 2.24) is 5.32 Å². The highest BCUT2D eigenvalue weighted by Crippen LogP contribution is 2.32. The molecule has 0 spiro atoms. The van der Waals surface area contributed by atoms with Crippen molar-refractivity contribution in [2.24, 2.45) is 5.92 Å². The fourth-order valence-electron chi connectivity index (χ4n) is 3.11. The molecule has 2 aliphatic rings. The van der Waals surface area contributed by atoms with Gasteiger partial charge in [-0.05, 0) is 63.8 Å². The molecular formula is C15H29NO. The summed E-state index contributed by atoms with van der Waals surface area (Å²) in [6.45, 7) is 4.46. The predicted octanol–water partition coefficient (Wildman–Crippen LogP) is 3.50. The van der Waals surface area contributed by atoms with Crippen LogP contribution in [0.5, 0.6) is 0 Å². The van der Waals surface area contributed by atoms with Gasteiger partial charge in [0.25, 0.3) is 0 Å². The van der Waals surface area contributed by atoms with E-state index in [4.69, 9.17) is 4.74 Å². The van der Waals surface area contributed by atoms with Crippen LogP contribution >= 0.6 is 0 Å². The molecule has 2 fully saturated rings. The second-order valence-electron chi connectivity index (χ2n) is 5.82. The van der Waals surface area contributed by atoms with Crippen molar-refractivity contribution in [1.29, 1.82) is 0 Å². The van der Waals surface area contributed by atoms with Crippen LogP contribution in [0.2, 0.25) is 0 Å². The first kappa shape index (κ1) is 13.4. The van der Waals surface area contributed by atoms with E-state index in [0.717, 1.165) is 18.6 Å². The SMILES string of the molecule is CCCNC(CCCC1CCCO1)C1CCC1. The molecule has 1 saturated carbocycles. The van der Waals surface area contributed by atoms with Gasteiger partial charge in [0.15, 0.2) is 0 Å². The Hall–Kier alpha value is -0.0800. The number of hydrogen-bond donors (Lipinski definition) is 1. The van der Waals surface area contributed by atoms with Crippen molar-refractivity contribution in [2.75, 3.05) is 13.2 Å². The third-order valence-corrected chi connectivity index (χ3v) is 4.44. The summed E-state index contributed by atoms with van der Waals surface area (Å²) >= 11 is 0. The van der Waals surface area contributed by atoms with E-state index in [1.807, 2.05) is 0 Å². The van der Waals surface area contributed by atoms with Crippen molar-refractivity contribution in [3.63, 3.8) is 0 Å². The van der Waals surface area contributed by atoms with E-state index in [-0.39, 0.29) is 0 Å². The van der Waals surface area contributed by atoms with Crippen molar-refractivity contribution in [3.8, 4) is 0 Å². The summed E-state index contributed by atoms with van der Waals surface area (Å²) in [5.41, 5.74) is 0. The largest absolute Gasteiger partial charge is 0.378 e. The van der Waals surface area contributed by atoms with Crippen LogP contribution in [0.25, 0.3) is 0 Å². The first-order valence-electron chi connectivity index (χ1n) is 7.75. The molecule has 2 atom stereocenters. The summed E-state index contributed by atoms with van der Waals surface area (Å²) in [6, 6.07) is 0.796. The van der Waals surface area contributed by atoms with Crippen LogP contribution in [0.15, 0.2) is 0 Å². The molecule has 2 unspecified atom stereocenters. The second kappa shape index (κ2) is 7.38. The van der Waals surface area contributed by atoms with Crippen molar-refractivity contribution >= 4 is 0 Å². The van der Waals surface area contributed by atoms with Crippen LogP contribution in [0.4, 0.5) is 0 Å². The van der Waals surface area contributed by atoms with Crippen LogP contribution < -0.4 is 5.32 Å². The Kier molecular flexibility index (Phi) is 5.79. The average Bonchev–Trinajstić information content (AvgIpc) is 2.76. The Balaban J connectivity index is 1.61. The van der Waals surface area contributed by atoms with Gasteiger partial charge in [-0.2, -0.15) is 0 Å². The third-order valence-electron chi connectivity index (χ3n) is 4.44. The fourth-order valence-corrected chi connectivity index (χ4v) is 3.11. The Bertz CT molecular complexity index is 197. The fraction of sp³-hybridized carbons (Fsp3) is 1.00. The molecule has 2 heteroatoms. The van der Waals surface area contributed by atoms with E-state index in [1.165, 1.54) is 64.3 Å². The Labute approximate surface area is 107 Å². The van der Waals surface area contributed by atoms with E-state index in [2.05, 4.69) is 12.2 Å². The van der Waals surface area contributed by atoms with Crippen LogP contribution in [0.3, 0.4) is 0 Å². The average molecular weight is 239 g/mol. The highest BCUT2D eigenvalue weighted by atomic mass is 16.5. The van der Waals surface area contributed by atoms with Gasteiger partial charge in [0.05, 0.1) is 6.10 Å². The lowest BCUT2D eigenvalue weighted by atomic mass is 9.78. The third kappa shape index (κ3) is 4.26. The van der Waals surface area contributed by atoms with Gasteiger partial charge in [0.2, 0.25) is 0 Å². The van der Waals surface area contributed by atoms with E-state index in [0.29, 0.717) is 6.10 Å². The Morgan fingerprint density at radius 1 is 1.24 bits per heavy atom. The quantitative estimate of drug-likeness (QED) is 0.700. The monoisotopic (exact) mass is 239 g/mol. The maximum Gasteiger partial charge on any atom is 0.0576 e. The van der Waals surface area contributed by atoms with Crippen LogP contribution in [0, 0.1) is 5.92 Å². The molecule has 0 aromatic rings. The highest BCUT2D eigenvalue weighted by Gasteiger charge is 2.26. The lowest BCUT2D eigenvalue weighted by Gasteiger charge is -2.34. The molecule has 1 N–H and O–H groups in total. The summed E-state index contributed by atoms with van der Waals surface area (Å²) in [5, 5.41) is 3.76. The van der Waals surface area contributed by atoms with E-state index < -0.39 is 0 Å². The number of nitrogens with one attached hydrogen (secondary N) is 1. The van der Waals surface area contributed by atoms with Crippen molar-refractivity contribution < 1.29 is 4.74 Å². The van der Waals surface area contributed by atoms with Gasteiger partial charge in [-0.15, -0.1) is 0 Å². The summed E-state index contributed by atoms with van der Waals surface area (Å²) in [7, 11) is 0. The zero-order valence-corrected chi connectivity index (χ0v) is 11.4. The molecule has 1 aliphatic carbocycles. The molecular weight excluding hydrogens is 210 g/mol. The normalized spacial score (nSPS) is 27.0. The van der Waals surface area contributed by atoms with Gasteiger partial charge in [-0.1, -0.05) is 13.3 Å². The maximum absolute atomic E-state index is 5.70. The van der Waals surface area contributed by atoms with Crippen LogP contribution in [-0.2, 0) is 4.74 Å². The lowest BCUT2D eigenvalue weighted by Crippen LogP contribution is -2.40. The van der Waals surface area contributed by atoms with Crippen molar-refractivity contribution in [2.45, 2.75) is 76.9 Å². The lowest BCUT2D eigenvalue weighted by molar-refractivity contribution is 0.0991. The van der Waals surface area contributed by atoms with Crippen LogP contribution in [0.1, 0.15) is 64.7 Å². The van der Waals surface area contributed by atoms with E-state index in [9.17, 15) is 0 Å². The second-order valence-corrected chi connectivity index (χ2v) is 5.82. The van der Waals surface area contributed by atoms with Gasteiger partial charge in [0.1, 0.15) is 0 Å². The Morgan fingerprint density at radius 3 is 2.71 bits per heavy atom. The molecule has 17 heavy (non-hydrogen) atoms. The molecule has 0 aromatic carbocycles. The van der Waals surface area contributed by atoms with E-state index in [1.54, 1.807) is 0 Å². The van der Waals surface area contributed by atoms with Gasteiger partial charge < -0.3 is 10.1 Å². The molecule has 0 bridgehead atoms. The number of hydrogen-bond acceptors (Lipinski definition) is 2. The van der Waals surface area contributed by atoms with Gasteiger partial charge in [0, 0.05) is 12.6 Å².